The van der Waals surface area contributed by atoms with Gasteiger partial charge in [0, 0.05) is 12.3 Å². The molecule has 0 bridgehead atoms. The van der Waals surface area contributed by atoms with Crippen LogP contribution >= 0.6 is 11.8 Å². The Balaban J connectivity index is 1.51. The van der Waals surface area contributed by atoms with Crippen LogP contribution in [0.4, 0.5) is 0 Å². The van der Waals surface area contributed by atoms with Crippen LogP contribution in [0.25, 0.3) is 0 Å². The Bertz CT molecular complexity index is 418. The zero-order valence-electron chi connectivity index (χ0n) is 11.1. The minimum atomic E-state index is 0.217. The summed E-state index contributed by atoms with van der Waals surface area (Å²) in [4.78, 5) is 0. The summed E-state index contributed by atoms with van der Waals surface area (Å²) >= 11 is 1.68. The van der Waals surface area contributed by atoms with E-state index < -0.39 is 0 Å². The molecule has 2 N–H and O–H groups in total. The van der Waals surface area contributed by atoms with Crippen molar-refractivity contribution < 1.29 is 4.74 Å². The SMILES string of the molecule is NCCn1nnnc1SCC1CCC2(CCCC2)O1. The molecule has 1 aliphatic carbocycles. The fourth-order valence-electron chi connectivity index (χ4n) is 3.13. The van der Waals surface area contributed by atoms with E-state index in [9.17, 15) is 0 Å². The van der Waals surface area contributed by atoms with Gasteiger partial charge in [-0.15, -0.1) is 5.10 Å². The second kappa shape index (κ2) is 5.76. The molecule has 1 unspecified atom stereocenters. The van der Waals surface area contributed by atoms with Gasteiger partial charge < -0.3 is 10.5 Å². The van der Waals surface area contributed by atoms with Crippen LogP contribution in [0.2, 0.25) is 0 Å². The van der Waals surface area contributed by atoms with Crippen LogP contribution < -0.4 is 5.73 Å². The second-order valence-electron chi connectivity index (χ2n) is 5.45. The van der Waals surface area contributed by atoms with Crippen LogP contribution in [-0.4, -0.2) is 44.2 Å². The van der Waals surface area contributed by atoms with E-state index in [2.05, 4.69) is 15.5 Å². The first-order chi connectivity index (χ1) is 9.31. The van der Waals surface area contributed by atoms with Crippen molar-refractivity contribution in [3.63, 3.8) is 0 Å². The minimum absolute atomic E-state index is 0.217. The van der Waals surface area contributed by atoms with Crippen LogP contribution in [0.3, 0.4) is 0 Å². The fourth-order valence-corrected chi connectivity index (χ4v) is 4.07. The van der Waals surface area contributed by atoms with E-state index in [-0.39, 0.29) is 5.60 Å². The molecule has 1 spiro atoms. The van der Waals surface area contributed by atoms with E-state index in [0.717, 1.165) is 10.9 Å². The third-order valence-electron chi connectivity index (χ3n) is 4.09. The summed E-state index contributed by atoms with van der Waals surface area (Å²) in [6.07, 6.45) is 7.91. The van der Waals surface area contributed by atoms with E-state index in [1.165, 1.54) is 38.5 Å². The topological polar surface area (TPSA) is 78.9 Å². The molecule has 0 amide bonds. The summed E-state index contributed by atoms with van der Waals surface area (Å²) in [5.41, 5.74) is 5.75. The largest absolute Gasteiger partial charge is 0.371 e. The third kappa shape index (κ3) is 2.93. The zero-order valence-corrected chi connectivity index (χ0v) is 11.9. The molecule has 3 rings (SSSR count). The van der Waals surface area contributed by atoms with Crippen molar-refractivity contribution in [3.8, 4) is 0 Å². The Morgan fingerprint density at radius 1 is 1.37 bits per heavy atom. The molecular weight excluding hydrogens is 262 g/mol. The predicted octanol–water partition coefficient (Wildman–Crippen LogP) is 1.22. The first-order valence-corrected chi connectivity index (χ1v) is 8.07. The number of nitrogens with zero attached hydrogens (tertiary/aromatic N) is 4. The minimum Gasteiger partial charge on any atom is -0.371 e. The summed E-state index contributed by atoms with van der Waals surface area (Å²) in [7, 11) is 0. The highest BCUT2D eigenvalue weighted by molar-refractivity contribution is 7.99. The summed E-state index contributed by atoms with van der Waals surface area (Å²) in [6, 6.07) is 0. The highest BCUT2D eigenvalue weighted by Gasteiger charge is 2.42. The summed E-state index contributed by atoms with van der Waals surface area (Å²) in [6.45, 7) is 1.23. The molecule has 19 heavy (non-hydrogen) atoms. The van der Waals surface area contributed by atoms with Gasteiger partial charge >= 0.3 is 0 Å². The molecule has 7 heteroatoms. The molecule has 6 nitrogen and oxygen atoms in total. The van der Waals surface area contributed by atoms with Gasteiger partial charge in [0.2, 0.25) is 5.16 Å². The normalized spacial score (nSPS) is 25.4. The Morgan fingerprint density at radius 2 is 2.21 bits per heavy atom. The van der Waals surface area contributed by atoms with Crippen molar-refractivity contribution in [1.82, 2.24) is 20.2 Å². The van der Waals surface area contributed by atoms with Gasteiger partial charge in [0.1, 0.15) is 0 Å². The van der Waals surface area contributed by atoms with Crippen LogP contribution in [0.15, 0.2) is 5.16 Å². The average molecular weight is 283 g/mol. The lowest BCUT2D eigenvalue weighted by atomic mass is 9.98. The van der Waals surface area contributed by atoms with Gasteiger partial charge in [-0.3, -0.25) is 0 Å². The van der Waals surface area contributed by atoms with Gasteiger partial charge in [-0.1, -0.05) is 24.6 Å². The van der Waals surface area contributed by atoms with E-state index in [0.29, 0.717) is 19.2 Å². The van der Waals surface area contributed by atoms with Gasteiger partial charge in [-0.05, 0) is 36.1 Å². The number of aromatic nitrogens is 4. The van der Waals surface area contributed by atoms with Gasteiger partial charge in [0.25, 0.3) is 0 Å². The summed E-state index contributed by atoms with van der Waals surface area (Å²) in [5, 5.41) is 12.5. The van der Waals surface area contributed by atoms with E-state index in [1.807, 2.05) is 0 Å². The smallest absolute Gasteiger partial charge is 0.209 e. The van der Waals surface area contributed by atoms with Crippen LogP contribution in [0.5, 0.6) is 0 Å². The second-order valence-corrected chi connectivity index (χ2v) is 6.44. The van der Waals surface area contributed by atoms with Crippen LogP contribution in [-0.2, 0) is 11.3 Å². The molecule has 1 aromatic heterocycles. The molecule has 2 aliphatic rings. The van der Waals surface area contributed by atoms with Crippen molar-refractivity contribution in [2.45, 2.75) is 61.9 Å². The lowest BCUT2D eigenvalue weighted by Crippen LogP contribution is -2.25. The standard InChI is InChI=1S/C12H21N5OS/c13-7-8-17-11(14-15-16-17)19-9-10-3-6-12(18-10)4-1-2-5-12/h10H,1-9,13H2. The number of nitrogens with two attached hydrogens (primary N) is 1. The average Bonchev–Trinajstić information content (AvgIpc) is 3.12. The molecule has 0 aromatic carbocycles. The maximum Gasteiger partial charge on any atom is 0.209 e. The van der Waals surface area contributed by atoms with Crippen molar-refractivity contribution in [1.29, 1.82) is 0 Å². The number of hydrogen-bond donors (Lipinski definition) is 1. The molecule has 1 atom stereocenters. The first kappa shape index (κ1) is 13.3. The summed E-state index contributed by atoms with van der Waals surface area (Å²) in [5.74, 6) is 0.937. The third-order valence-corrected chi connectivity index (χ3v) is 5.18. The lowest BCUT2D eigenvalue weighted by Gasteiger charge is -2.23. The molecule has 106 valence electrons. The molecule has 0 radical (unpaired) electrons. The van der Waals surface area contributed by atoms with Crippen LogP contribution in [0.1, 0.15) is 38.5 Å². The highest BCUT2D eigenvalue weighted by Crippen LogP contribution is 2.44. The monoisotopic (exact) mass is 283 g/mol. The van der Waals surface area contributed by atoms with Gasteiger partial charge in [-0.2, -0.15) is 0 Å². The maximum absolute atomic E-state index is 6.28. The molecule has 2 heterocycles. The Morgan fingerprint density at radius 3 is 3.00 bits per heavy atom. The predicted molar refractivity (Wildman–Crippen MR) is 72.9 cm³/mol. The first-order valence-electron chi connectivity index (χ1n) is 7.08. The van der Waals surface area contributed by atoms with Crippen molar-refractivity contribution in [2.24, 2.45) is 5.73 Å². The maximum atomic E-state index is 6.28. The number of rotatable bonds is 5. The van der Waals surface area contributed by atoms with Gasteiger partial charge in [-0.25, -0.2) is 4.68 Å². The fraction of sp³-hybridized carbons (Fsp3) is 0.917. The van der Waals surface area contributed by atoms with Gasteiger partial charge in [0.15, 0.2) is 0 Å². The number of tetrazole rings is 1. The molecule has 2 fully saturated rings. The Labute approximate surface area is 117 Å². The molecule has 1 saturated heterocycles. The molecular formula is C12H21N5OS. The Hall–Kier alpha value is -0.660. The Kier molecular flexibility index (Phi) is 4.04. The van der Waals surface area contributed by atoms with E-state index in [4.69, 9.17) is 10.5 Å². The molecule has 1 aromatic rings. The molecule has 1 aliphatic heterocycles. The number of thioether (sulfide) groups is 1. The molecule has 1 saturated carbocycles. The lowest BCUT2D eigenvalue weighted by molar-refractivity contribution is -0.0267. The van der Waals surface area contributed by atoms with E-state index in [1.54, 1.807) is 16.4 Å². The quantitative estimate of drug-likeness (QED) is 0.818. The van der Waals surface area contributed by atoms with Gasteiger partial charge in [0.05, 0.1) is 18.2 Å². The van der Waals surface area contributed by atoms with Crippen molar-refractivity contribution in [2.75, 3.05) is 12.3 Å². The zero-order chi connectivity index (χ0) is 13.1. The van der Waals surface area contributed by atoms with Crippen molar-refractivity contribution in [3.05, 3.63) is 0 Å². The summed E-state index contributed by atoms with van der Waals surface area (Å²) < 4.78 is 8.05. The number of hydrogen-bond acceptors (Lipinski definition) is 6. The van der Waals surface area contributed by atoms with E-state index >= 15 is 0 Å². The highest BCUT2D eigenvalue weighted by atomic mass is 32.2. The number of ether oxygens (including phenoxy) is 1. The van der Waals surface area contributed by atoms with Crippen molar-refractivity contribution >= 4 is 11.8 Å². The van der Waals surface area contributed by atoms with Crippen LogP contribution in [0, 0.1) is 0 Å².